The average Bonchev–Trinajstić information content (AvgIpc) is 3.39. The first-order valence-corrected chi connectivity index (χ1v) is 11.1. The van der Waals surface area contributed by atoms with Crippen molar-refractivity contribution in [3.63, 3.8) is 0 Å². The van der Waals surface area contributed by atoms with Crippen LogP contribution in [0, 0.1) is 0 Å². The number of nitrogens with one attached hydrogen (secondary N) is 1. The van der Waals surface area contributed by atoms with Crippen LogP contribution in [0.5, 0.6) is 11.5 Å². The van der Waals surface area contributed by atoms with Crippen molar-refractivity contribution in [3.05, 3.63) is 59.3 Å². The fourth-order valence-corrected chi connectivity index (χ4v) is 4.35. The van der Waals surface area contributed by atoms with Crippen molar-refractivity contribution in [1.29, 1.82) is 0 Å². The van der Waals surface area contributed by atoms with E-state index in [0.29, 0.717) is 60.8 Å². The number of alkyl halides is 3. The molecule has 2 aromatic rings. The molecule has 7 nitrogen and oxygen atoms in total. The lowest BCUT2D eigenvalue weighted by Crippen LogP contribution is -2.51. The molecule has 0 spiro atoms. The van der Waals surface area contributed by atoms with Gasteiger partial charge in [-0.2, -0.15) is 13.2 Å². The summed E-state index contributed by atoms with van der Waals surface area (Å²) in [6, 6.07) is 10.8. The van der Waals surface area contributed by atoms with Gasteiger partial charge >= 0.3 is 6.18 Å². The van der Waals surface area contributed by atoms with Crippen LogP contribution in [-0.2, 0) is 11.0 Å². The number of benzene rings is 2. The Morgan fingerprint density at radius 3 is 2.56 bits per heavy atom. The van der Waals surface area contributed by atoms with Gasteiger partial charge in [0.2, 0.25) is 6.79 Å². The quantitative estimate of drug-likeness (QED) is 0.522. The van der Waals surface area contributed by atoms with Crippen LogP contribution in [-0.4, -0.2) is 60.5 Å². The molecule has 34 heavy (non-hydrogen) atoms. The zero-order valence-corrected chi connectivity index (χ0v) is 18.8. The molecule has 0 aromatic heterocycles. The number of halogens is 3. The summed E-state index contributed by atoms with van der Waals surface area (Å²) in [4.78, 5) is 18.4. The number of amides is 1. The number of ether oxygens (including phenoxy) is 2. The fraction of sp³-hybridized carbons (Fsp3) is 0.304. The first-order valence-electron chi connectivity index (χ1n) is 10.7. The van der Waals surface area contributed by atoms with Crippen molar-refractivity contribution in [3.8, 4) is 11.5 Å². The van der Waals surface area contributed by atoms with Gasteiger partial charge in [0.25, 0.3) is 5.91 Å². The highest BCUT2D eigenvalue weighted by Crippen LogP contribution is 2.34. The molecule has 1 N–H and O–H groups in total. The lowest BCUT2D eigenvalue weighted by molar-refractivity contribution is -0.137. The van der Waals surface area contributed by atoms with E-state index in [1.807, 2.05) is 11.0 Å². The summed E-state index contributed by atoms with van der Waals surface area (Å²) < 4.78 is 49.8. The van der Waals surface area contributed by atoms with Gasteiger partial charge in [-0.05, 0) is 54.2 Å². The van der Waals surface area contributed by atoms with Crippen molar-refractivity contribution in [2.45, 2.75) is 6.18 Å². The Kier molecular flexibility index (Phi) is 5.82. The van der Waals surface area contributed by atoms with Crippen LogP contribution in [0.2, 0.25) is 0 Å². The SMILES string of the molecule is O=C1/C(=C\c2ccc3c(c2)OCO3)NC(=S)N1CN1CCN(c2cccc(C(F)(F)F)c2)CC1. The molecule has 1 amide bonds. The van der Waals surface area contributed by atoms with Gasteiger partial charge in [-0.25, -0.2) is 0 Å². The number of rotatable bonds is 4. The van der Waals surface area contributed by atoms with Crippen molar-refractivity contribution in [2.75, 3.05) is 44.5 Å². The number of hydrogen-bond acceptors (Lipinski definition) is 6. The van der Waals surface area contributed by atoms with Crippen LogP contribution in [0.25, 0.3) is 6.08 Å². The van der Waals surface area contributed by atoms with Gasteiger partial charge in [0, 0.05) is 31.9 Å². The lowest BCUT2D eigenvalue weighted by atomic mass is 10.1. The normalized spacial score (nSPS) is 19.8. The van der Waals surface area contributed by atoms with E-state index in [2.05, 4.69) is 10.2 Å². The highest BCUT2D eigenvalue weighted by atomic mass is 32.1. The second-order valence-electron chi connectivity index (χ2n) is 8.13. The molecule has 2 saturated heterocycles. The Morgan fingerprint density at radius 1 is 1.03 bits per heavy atom. The van der Waals surface area contributed by atoms with E-state index in [1.165, 1.54) is 17.0 Å². The summed E-state index contributed by atoms with van der Waals surface area (Å²) in [6.45, 7) is 2.74. The molecule has 11 heteroatoms. The number of fused-ring (bicyclic) bond motifs is 1. The number of carbonyl (C=O) groups is 1. The molecular weight excluding hydrogens is 469 g/mol. The molecule has 0 aliphatic carbocycles. The third kappa shape index (κ3) is 4.53. The number of hydrogen-bond donors (Lipinski definition) is 1. The van der Waals surface area contributed by atoms with Gasteiger partial charge < -0.3 is 19.7 Å². The Balaban J connectivity index is 1.20. The van der Waals surface area contributed by atoms with Gasteiger partial charge in [0.1, 0.15) is 5.70 Å². The predicted octanol–water partition coefficient (Wildman–Crippen LogP) is 3.27. The minimum atomic E-state index is -4.37. The molecule has 2 fully saturated rings. The van der Waals surface area contributed by atoms with E-state index in [1.54, 1.807) is 24.3 Å². The maximum Gasteiger partial charge on any atom is 0.416 e. The zero-order chi connectivity index (χ0) is 23.9. The lowest BCUT2D eigenvalue weighted by Gasteiger charge is -2.37. The second kappa shape index (κ2) is 8.80. The smallest absolute Gasteiger partial charge is 0.416 e. The van der Waals surface area contributed by atoms with Crippen molar-refractivity contribution >= 4 is 35.0 Å². The van der Waals surface area contributed by atoms with Crippen LogP contribution in [0.15, 0.2) is 48.2 Å². The number of thiocarbonyl (C=S) groups is 1. The standard InChI is InChI=1S/C23H21F3N4O3S/c24-23(25,26)16-2-1-3-17(12-16)29-8-6-28(7-9-29)13-30-21(31)18(27-22(30)34)10-15-4-5-19-20(11-15)33-14-32-19/h1-5,10-12H,6-9,13-14H2,(H,27,34)/b18-10+. The second-order valence-corrected chi connectivity index (χ2v) is 8.52. The monoisotopic (exact) mass is 490 g/mol. The van der Waals surface area contributed by atoms with E-state index in [-0.39, 0.29) is 12.7 Å². The first kappa shape index (κ1) is 22.5. The predicted molar refractivity (Wildman–Crippen MR) is 123 cm³/mol. The van der Waals surface area contributed by atoms with Gasteiger partial charge in [0.05, 0.1) is 12.2 Å². The fourth-order valence-electron chi connectivity index (χ4n) is 4.10. The third-order valence-corrected chi connectivity index (χ3v) is 6.24. The molecule has 5 rings (SSSR count). The molecular formula is C23H21F3N4O3S. The molecule has 0 atom stereocenters. The van der Waals surface area contributed by atoms with Gasteiger partial charge in [0.15, 0.2) is 16.6 Å². The molecule has 3 aliphatic rings. The number of piperazine rings is 1. The van der Waals surface area contributed by atoms with Gasteiger partial charge in [-0.15, -0.1) is 0 Å². The maximum absolute atomic E-state index is 13.0. The minimum Gasteiger partial charge on any atom is -0.454 e. The highest BCUT2D eigenvalue weighted by Gasteiger charge is 2.34. The molecule has 0 radical (unpaired) electrons. The van der Waals surface area contributed by atoms with Crippen molar-refractivity contribution in [2.24, 2.45) is 0 Å². The number of anilines is 1. The van der Waals surface area contributed by atoms with E-state index < -0.39 is 11.7 Å². The van der Waals surface area contributed by atoms with Crippen molar-refractivity contribution in [1.82, 2.24) is 15.1 Å². The summed E-state index contributed by atoms with van der Waals surface area (Å²) in [5.74, 6) is 1.05. The summed E-state index contributed by atoms with van der Waals surface area (Å²) >= 11 is 5.37. The van der Waals surface area contributed by atoms with Crippen LogP contribution in [0.3, 0.4) is 0 Å². The summed E-state index contributed by atoms with van der Waals surface area (Å²) in [5.41, 5.74) is 1.03. The first-order chi connectivity index (χ1) is 16.3. The molecule has 3 aliphatic heterocycles. The molecule has 0 bridgehead atoms. The maximum atomic E-state index is 13.0. The average molecular weight is 491 g/mol. The van der Waals surface area contributed by atoms with E-state index in [0.717, 1.165) is 11.6 Å². The van der Waals surface area contributed by atoms with Crippen molar-refractivity contribution < 1.29 is 27.4 Å². The van der Waals surface area contributed by atoms with Crippen LogP contribution in [0.1, 0.15) is 11.1 Å². The minimum absolute atomic E-state index is 0.172. The summed E-state index contributed by atoms with van der Waals surface area (Å²) in [5, 5.41) is 3.28. The van der Waals surface area contributed by atoms with E-state index in [4.69, 9.17) is 21.7 Å². The molecule has 0 saturated carbocycles. The Labute approximate surface area is 199 Å². The largest absolute Gasteiger partial charge is 0.454 e. The van der Waals surface area contributed by atoms with E-state index in [9.17, 15) is 18.0 Å². The highest BCUT2D eigenvalue weighted by molar-refractivity contribution is 7.80. The summed E-state index contributed by atoms with van der Waals surface area (Å²) in [6.07, 6.45) is -2.66. The molecule has 2 aromatic carbocycles. The summed E-state index contributed by atoms with van der Waals surface area (Å²) in [7, 11) is 0. The molecule has 0 unspecified atom stereocenters. The Morgan fingerprint density at radius 2 is 1.79 bits per heavy atom. The Hall–Kier alpha value is -3.31. The Bertz CT molecular complexity index is 1160. The van der Waals surface area contributed by atoms with Crippen LogP contribution >= 0.6 is 12.2 Å². The number of nitrogens with zero attached hydrogens (tertiary/aromatic N) is 3. The van der Waals surface area contributed by atoms with Crippen LogP contribution in [0.4, 0.5) is 18.9 Å². The van der Waals surface area contributed by atoms with Gasteiger partial charge in [-0.3, -0.25) is 14.6 Å². The topological polar surface area (TPSA) is 57.3 Å². The molecule has 3 heterocycles. The van der Waals surface area contributed by atoms with Crippen LogP contribution < -0.4 is 19.7 Å². The zero-order valence-electron chi connectivity index (χ0n) is 18.0. The van der Waals surface area contributed by atoms with Gasteiger partial charge in [-0.1, -0.05) is 12.1 Å². The third-order valence-electron chi connectivity index (χ3n) is 5.92. The molecule has 178 valence electrons. The number of carbonyl (C=O) groups excluding carboxylic acids is 1. The van der Waals surface area contributed by atoms with E-state index >= 15 is 0 Å².